The molecule has 0 spiro atoms. The number of para-hydroxylation sites is 1. The molecule has 2 amide bonds. The molecule has 208 valence electrons. The molecule has 4 aromatic rings. The van der Waals surface area contributed by atoms with E-state index in [9.17, 15) is 18.0 Å². The maximum atomic E-state index is 13.3. The number of aryl methyl sites for hydroxylation is 1. The predicted octanol–water partition coefficient (Wildman–Crippen LogP) is 5.88. The molecule has 0 saturated carbocycles. The van der Waals surface area contributed by atoms with Gasteiger partial charge in [-0.05, 0) is 86.1 Å². The summed E-state index contributed by atoms with van der Waals surface area (Å²) in [6, 6.07) is 19.9. The van der Waals surface area contributed by atoms with Gasteiger partial charge < -0.3 is 15.4 Å². The summed E-state index contributed by atoms with van der Waals surface area (Å²) in [5.41, 5.74) is 9.86. The molecule has 0 aliphatic carbocycles. The van der Waals surface area contributed by atoms with Crippen molar-refractivity contribution in [2.24, 2.45) is 5.73 Å². The Labute approximate surface area is 234 Å². The van der Waals surface area contributed by atoms with Crippen LogP contribution in [0.1, 0.15) is 18.1 Å². The Morgan fingerprint density at radius 1 is 1.07 bits per heavy atom. The highest BCUT2D eigenvalue weighted by molar-refractivity contribution is 7.80. The van der Waals surface area contributed by atoms with Gasteiger partial charge in [-0.25, -0.2) is 19.4 Å². The highest BCUT2D eigenvalue weighted by Gasteiger charge is 2.31. The van der Waals surface area contributed by atoms with Crippen LogP contribution in [0.25, 0.3) is 17.1 Å². The molecule has 12 heteroatoms. The highest BCUT2D eigenvalue weighted by atomic mass is 32.1. The molecule has 0 atom stereocenters. The summed E-state index contributed by atoms with van der Waals surface area (Å²) in [4.78, 5) is 20.6. The first-order valence-corrected chi connectivity index (χ1v) is 12.8. The smallest absolute Gasteiger partial charge is 0.406 e. The Bertz CT molecular complexity index is 1480. The first kappa shape index (κ1) is 28.6. The summed E-state index contributed by atoms with van der Waals surface area (Å²) in [6.07, 6.45) is -2.65. The number of aromatic nitrogens is 3. The van der Waals surface area contributed by atoms with E-state index in [1.165, 1.54) is 40.2 Å². The summed E-state index contributed by atoms with van der Waals surface area (Å²) in [5.74, 6) is 0.148. The number of benzene rings is 3. The van der Waals surface area contributed by atoms with Crippen LogP contribution >= 0.6 is 12.2 Å². The molecule has 1 heterocycles. The van der Waals surface area contributed by atoms with Gasteiger partial charge in [-0.15, -0.1) is 18.3 Å². The number of nitrogens with two attached hydrogens (primary N) is 1. The number of hydrogen-bond donors (Lipinski definition) is 1. The maximum absolute atomic E-state index is 13.3. The molecule has 3 aromatic carbocycles. The Hall–Kier alpha value is -4.45. The third kappa shape index (κ3) is 6.94. The van der Waals surface area contributed by atoms with Crippen molar-refractivity contribution in [1.29, 1.82) is 0 Å². The number of carbonyl (C=O) groups is 1. The molecule has 0 aliphatic heterocycles. The fourth-order valence-corrected chi connectivity index (χ4v) is 4.31. The van der Waals surface area contributed by atoms with Gasteiger partial charge in [0, 0.05) is 18.7 Å². The molecule has 2 N–H and O–H groups in total. The molecule has 0 radical (unpaired) electrons. The second-order valence-corrected chi connectivity index (χ2v) is 9.24. The van der Waals surface area contributed by atoms with Crippen LogP contribution in [0.2, 0.25) is 0 Å². The summed E-state index contributed by atoms with van der Waals surface area (Å²) >= 11 is 5.16. The molecular formula is C28H27F3N6O2S. The van der Waals surface area contributed by atoms with Crippen molar-refractivity contribution in [3.63, 3.8) is 0 Å². The van der Waals surface area contributed by atoms with E-state index < -0.39 is 6.36 Å². The quantitative estimate of drug-likeness (QED) is 0.267. The number of rotatable bonds is 8. The average molecular weight is 569 g/mol. The first-order chi connectivity index (χ1) is 19.1. The monoisotopic (exact) mass is 568 g/mol. The number of ether oxygens (including phenoxy) is 1. The molecule has 0 bridgehead atoms. The number of halogens is 3. The van der Waals surface area contributed by atoms with Crippen LogP contribution in [0.3, 0.4) is 0 Å². The lowest BCUT2D eigenvalue weighted by molar-refractivity contribution is -0.274. The van der Waals surface area contributed by atoms with Gasteiger partial charge in [-0.2, -0.15) is 0 Å². The van der Waals surface area contributed by atoms with Gasteiger partial charge in [0.25, 0.3) is 0 Å². The minimum atomic E-state index is -4.75. The van der Waals surface area contributed by atoms with Gasteiger partial charge in [0.1, 0.15) is 12.1 Å². The number of likely N-dealkylation sites (N-methyl/N-ethyl adjacent to an activating group) is 1. The molecule has 0 fully saturated rings. The van der Waals surface area contributed by atoms with Crippen molar-refractivity contribution in [2.75, 3.05) is 18.0 Å². The molecule has 8 nitrogen and oxygen atoms in total. The molecule has 0 saturated heterocycles. The van der Waals surface area contributed by atoms with Crippen molar-refractivity contribution < 1.29 is 22.7 Å². The van der Waals surface area contributed by atoms with Crippen molar-refractivity contribution >= 4 is 29.0 Å². The van der Waals surface area contributed by atoms with Crippen LogP contribution in [0.4, 0.5) is 23.7 Å². The Balaban J connectivity index is 1.43. The van der Waals surface area contributed by atoms with Crippen LogP contribution in [0, 0.1) is 6.92 Å². The van der Waals surface area contributed by atoms with Crippen LogP contribution < -0.4 is 15.4 Å². The standard InChI is InChI=1S/C28H27F3N6O2S/c1-3-35(27(38)37(26(32)40)23-7-5-4-6-8-23)16-15-20-9-10-21(17-19(20)2)25-33-18-36(34-25)22-11-13-24(14-12-22)39-28(29,30)31/h4-14,17-18H,3,15-16H2,1-2H3,(H2,32,40). The van der Waals surface area contributed by atoms with Gasteiger partial charge in [0.15, 0.2) is 10.9 Å². The fraction of sp³-hybridized carbons (Fsp3) is 0.214. The summed E-state index contributed by atoms with van der Waals surface area (Å²) in [6.45, 7) is 4.81. The lowest BCUT2D eigenvalue weighted by Gasteiger charge is -2.29. The topological polar surface area (TPSA) is 89.5 Å². The van der Waals surface area contributed by atoms with E-state index in [4.69, 9.17) is 18.0 Å². The van der Waals surface area contributed by atoms with Crippen LogP contribution in [0.5, 0.6) is 5.75 Å². The minimum Gasteiger partial charge on any atom is -0.406 e. The number of anilines is 1. The highest BCUT2D eigenvalue weighted by Crippen LogP contribution is 2.25. The van der Waals surface area contributed by atoms with E-state index in [0.29, 0.717) is 36.7 Å². The molecular weight excluding hydrogens is 541 g/mol. The third-order valence-corrected chi connectivity index (χ3v) is 6.34. The normalized spacial score (nSPS) is 11.2. The molecule has 0 aliphatic rings. The second kappa shape index (κ2) is 12.2. The first-order valence-electron chi connectivity index (χ1n) is 12.4. The van der Waals surface area contributed by atoms with Crippen LogP contribution in [-0.4, -0.2) is 50.3 Å². The van der Waals surface area contributed by atoms with Crippen molar-refractivity contribution in [3.8, 4) is 22.8 Å². The fourth-order valence-electron chi connectivity index (χ4n) is 4.13. The van der Waals surface area contributed by atoms with Crippen molar-refractivity contribution in [3.05, 3.63) is 90.3 Å². The lowest BCUT2D eigenvalue weighted by Crippen LogP contribution is -2.49. The molecule has 0 unspecified atom stereocenters. The number of thiocarbonyl (C=S) groups is 1. The summed E-state index contributed by atoms with van der Waals surface area (Å²) in [7, 11) is 0. The number of hydrogen-bond acceptors (Lipinski definition) is 5. The van der Waals surface area contributed by atoms with E-state index in [2.05, 4.69) is 14.8 Å². The van der Waals surface area contributed by atoms with Crippen molar-refractivity contribution in [1.82, 2.24) is 19.7 Å². The van der Waals surface area contributed by atoms with Crippen molar-refractivity contribution in [2.45, 2.75) is 26.6 Å². The van der Waals surface area contributed by atoms with E-state index in [1.807, 2.05) is 50.2 Å². The number of amides is 2. The van der Waals surface area contributed by atoms with E-state index in [1.54, 1.807) is 17.0 Å². The van der Waals surface area contributed by atoms with Gasteiger partial charge in [0.05, 0.1) is 11.4 Å². The van der Waals surface area contributed by atoms with E-state index in [-0.39, 0.29) is 16.9 Å². The Morgan fingerprint density at radius 3 is 2.38 bits per heavy atom. The van der Waals surface area contributed by atoms with Gasteiger partial charge in [-0.1, -0.05) is 30.3 Å². The predicted molar refractivity (Wildman–Crippen MR) is 150 cm³/mol. The van der Waals surface area contributed by atoms with Gasteiger partial charge >= 0.3 is 12.4 Å². The van der Waals surface area contributed by atoms with Crippen LogP contribution in [0.15, 0.2) is 79.1 Å². The molecule has 4 rings (SSSR count). The SMILES string of the molecule is CCN(CCc1ccc(-c2ncn(-c3ccc(OC(F)(F)F)cc3)n2)cc1C)C(=O)N(C(N)=S)c1ccccc1. The molecule has 1 aromatic heterocycles. The average Bonchev–Trinajstić information content (AvgIpc) is 3.40. The molecule has 40 heavy (non-hydrogen) atoms. The van der Waals surface area contributed by atoms with Gasteiger partial charge in [-0.3, -0.25) is 0 Å². The Morgan fingerprint density at radius 2 is 1.77 bits per heavy atom. The maximum Gasteiger partial charge on any atom is 0.573 e. The van der Waals surface area contributed by atoms with E-state index >= 15 is 0 Å². The number of carbonyl (C=O) groups excluding carboxylic acids is 1. The number of alkyl halides is 3. The summed E-state index contributed by atoms with van der Waals surface area (Å²) in [5, 5.41) is 4.44. The lowest BCUT2D eigenvalue weighted by atomic mass is 10.0. The van der Waals surface area contributed by atoms with E-state index in [0.717, 1.165) is 16.7 Å². The second-order valence-electron chi connectivity index (χ2n) is 8.82. The largest absolute Gasteiger partial charge is 0.573 e. The Kier molecular flexibility index (Phi) is 8.68. The number of nitrogens with zero attached hydrogens (tertiary/aromatic N) is 5. The zero-order valence-electron chi connectivity index (χ0n) is 21.8. The zero-order chi connectivity index (χ0) is 28.9. The minimum absolute atomic E-state index is 0.0206. The zero-order valence-corrected chi connectivity index (χ0v) is 22.6. The summed E-state index contributed by atoms with van der Waals surface area (Å²) < 4.78 is 42.6. The van der Waals surface area contributed by atoms with Gasteiger partial charge in [0.2, 0.25) is 0 Å². The van der Waals surface area contributed by atoms with Crippen LogP contribution in [-0.2, 0) is 6.42 Å². The third-order valence-electron chi connectivity index (χ3n) is 6.16. The number of urea groups is 1.